The van der Waals surface area contributed by atoms with E-state index >= 15 is 0 Å². The molecule has 0 saturated carbocycles. The Hall–Kier alpha value is -1.15. The van der Waals surface area contributed by atoms with Gasteiger partial charge in [0.05, 0.1) is 13.7 Å². The van der Waals surface area contributed by atoms with E-state index < -0.39 is 0 Å². The molecule has 0 atom stereocenters. The predicted molar refractivity (Wildman–Crippen MR) is 79.4 cm³/mol. The summed E-state index contributed by atoms with van der Waals surface area (Å²) >= 11 is 1.77. The Morgan fingerprint density at radius 2 is 2.11 bits per heavy atom. The number of methoxy groups -OCH3 is 1. The summed E-state index contributed by atoms with van der Waals surface area (Å²) in [6.07, 6.45) is 1.30. The summed E-state index contributed by atoms with van der Waals surface area (Å²) in [6.45, 7) is 0.323. The Labute approximate surface area is 119 Å². The summed E-state index contributed by atoms with van der Waals surface area (Å²) in [5.74, 6) is 8.58. The summed E-state index contributed by atoms with van der Waals surface area (Å²) in [5.41, 5.74) is 2.05. The number of rotatable bonds is 7. The van der Waals surface area contributed by atoms with Crippen LogP contribution in [0, 0.1) is 11.8 Å². The van der Waals surface area contributed by atoms with E-state index in [4.69, 9.17) is 14.9 Å². The minimum atomic E-state index is 0.0903. The molecule has 0 saturated heterocycles. The molecule has 4 heteroatoms. The van der Waals surface area contributed by atoms with Crippen LogP contribution < -0.4 is 4.74 Å². The lowest BCUT2D eigenvalue weighted by molar-refractivity contribution is 0.296. The van der Waals surface area contributed by atoms with Gasteiger partial charge in [-0.2, -0.15) is 11.8 Å². The first kappa shape index (κ1) is 15.9. The quantitative estimate of drug-likeness (QED) is 0.593. The summed E-state index contributed by atoms with van der Waals surface area (Å²) in [7, 11) is 1.66. The topological polar surface area (TPSA) is 49.7 Å². The van der Waals surface area contributed by atoms with Gasteiger partial charge in [0.1, 0.15) is 5.75 Å². The second-order valence-corrected chi connectivity index (χ2v) is 5.04. The highest BCUT2D eigenvalue weighted by Gasteiger charge is 2.03. The monoisotopic (exact) mass is 280 g/mol. The molecule has 1 aromatic rings. The molecule has 0 unspecified atom stereocenters. The second kappa shape index (κ2) is 9.74. The number of thioether (sulfide) groups is 1. The van der Waals surface area contributed by atoms with E-state index in [2.05, 4.69) is 11.8 Å². The van der Waals surface area contributed by atoms with Crippen LogP contribution in [0.1, 0.15) is 24.0 Å². The molecule has 1 rings (SSSR count). The van der Waals surface area contributed by atoms with Crippen LogP contribution in [-0.4, -0.2) is 36.3 Å². The third-order valence-corrected chi connectivity index (χ3v) is 3.55. The van der Waals surface area contributed by atoms with Gasteiger partial charge in [0.25, 0.3) is 0 Å². The molecule has 0 aliphatic carbocycles. The molecule has 0 amide bonds. The van der Waals surface area contributed by atoms with Gasteiger partial charge in [0, 0.05) is 29.9 Å². The van der Waals surface area contributed by atoms with E-state index in [1.54, 1.807) is 18.9 Å². The lowest BCUT2D eigenvalue weighted by atomic mass is 10.1. The van der Waals surface area contributed by atoms with Crippen molar-refractivity contribution in [3.8, 4) is 17.6 Å². The van der Waals surface area contributed by atoms with Crippen molar-refractivity contribution in [3.63, 3.8) is 0 Å². The molecule has 0 aliphatic rings. The fraction of sp³-hybridized carbons (Fsp3) is 0.467. The Morgan fingerprint density at radius 1 is 1.26 bits per heavy atom. The van der Waals surface area contributed by atoms with Crippen LogP contribution in [0.4, 0.5) is 0 Å². The third kappa shape index (κ3) is 6.02. The molecule has 2 N–H and O–H groups in total. The number of hydrogen-bond acceptors (Lipinski definition) is 4. The highest BCUT2D eigenvalue weighted by molar-refractivity contribution is 7.98. The normalized spacial score (nSPS) is 9.84. The van der Waals surface area contributed by atoms with Crippen molar-refractivity contribution in [2.45, 2.75) is 18.6 Å². The zero-order chi connectivity index (χ0) is 13.9. The van der Waals surface area contributed by atoms with Crippen molar-refractivity contribution < 1.29 is 14.9 Å². The van der Waals surface area contributed by atoms with Crippen molar-refractivity contribution in [2.24, 2.45) is 0 Å². The fourth-order valence-electron chi connectivity index (χ4n) is 1.54. The first-order chi connectivity index (χ1) is 9.31. The van der Waals surface area contributed by atoms with Crippen LogP contribution in [0.15, 0.2) is 18.2 Å². The first-order valence-corrected chi connectivity index (χ1v) is 7.42. The average molecular weight is 280 g/mol. The smallest absolute Gasteiger partial charge is 0.122 e. The Kier molecular flexibility index (Phi) is 8.15. The SMILES string of the molecule is COc1ccc(C#CCCO)cc1CSCCCO. The highest BCUT2D eigenvalue weighted by Crippen LogP contribution is 2.24. The maximum atomic E-state index is 8.75. The van der Waals surface area contributed by atoms with Gasteiger partial charge in [-0.25, -0.2) is 0 Å². The predicted octanol–water partition coefficient (Wildman–Crippen LogP) is 2.04. The molecule has 0 radical (unpaired) electrons. The van der Waals surface area contributed by atoms with E-state index in [-0.39, 0.29) is 13.2 Å². The lowest BCUT2D eigenvalue weighted by Gasteiger charge is -2.08. The standard InChI is InChI=1S/C15H20O3S/c1-18-15-7-6-13(5-2-3-8-16)11-14(15)12-19-10-4-9-17/h6-7,11,16-17H,3-4,8-10,12H2,1H3. The molecule has 0 heterocycles. The van der Waals surface area contributed by atoms with Crippen molar-refractivity contribution in [1.29, 1.82) is 0 Å². The van der Waals surface area contributed by atoms with Crippen LogP contribution in [0.5, 0.6) is 5.75 Å². The minimum Gasteiger partial charge on any atom is -0.496 e. The summed E-state index contributed by atoms with van der Waals surface area (Å²) in [5, 5.41) is 17.5. The Balaban J connectivity index is 2.70. The molecular formula is C15H20O3S. The summed E-state index contributed by atoms with van der Waals surface area (Å²) < 4.78 is 5.33. The van der Waals surface area contributed by atoms with Crippen molar-refractivity contribution in [1.82, 2.24) is 0 Å². The van der Waals surface area contributed by atoms with Crippen molar-refractivity contribution in [2.75, 3.05) is 26.1 Å². The van der Waals surface area contributed by atoms with E-state index in [1.807, 2.05) is 18.2 Å². The molecule has 0 aromatic heterocycles. The maximum absolute atomic E-state index is 8.75. The number of hydrogen-bond donors (Lipinski definition) is 2. The van der Waals surface area contributed by atoms with Gasteiger partial charge in [-0.15, -0.1) is 0 Å². The largest absolute Gasteiger partial charge is 0.496 e. The van der Waals surface area contributed by atoms with Gasteiger partial charge in [-0.1, -0.05) is 11.8 Å². The van der Waals surface area contributed by atoms with Gasteiger partial charge >= 0.3 is 0 Å². The minimum absolute atomic E-state index is 0.0903. The molecule has 19 heavy (non-hydrogen) atoms. The van der Waals surface area contributed by atoms with Gasteiger partial charge < -0.3 is 14.9 Å². The van der Waals surface area contributed by atoms with Crippen LogP contribution in [0.25, 0.3) is 0 Å². The van der Waals surface area contributed by atoms with Gasteiger partial charge in [0.2, 0.25) is 0 Å². The Morgan fingerprint density at radius 3 is 2.79 bits per heavy atom. The Bertz CT molecular complexity index is 435. The van der Waals surface area contributed by atoms with E-state index in [0.29, 0.717) is 6.42 Å². The molecule has 3 nitrogen and oxygen atoms in total. The van der Waals surface area contributed by atoms with Crippen LogP contribution >= 0.6 is 11.8 Å². The summed E-state index contributed by atoms with van der Waals surface area (Å²) in [4.78, 5) is 0. The molecule has 1 aromatic carbocycles. The fourth-order valence-corrected chi connectivity index (χ4v) is 2.46. The van der Waals surface area contributed by atoms with Crippen molar-refractivity contribution in [3.05, 3.63) is 29.3 Å². The van der Waals surface area contributed by atoms with Crippen LogP contribution in [0.2, 0.25) is 0 Å². The lowest BCUT2D eigenvalue weighted by Crippen LogP contribution is -1.93. The van der Waals surface area contributed by atoms with E-state index in [9.17, 15) is 0 Å². The van der Waals surface area contributed by atoms with E-state index in [0.717, 1.165) is 34.8 Å². The molecule has 104 valence electrons. The van der Waals surface area contributed by atoms with Gasteiger partial charge in [0.15, 0.2) is 0 Å². The second-order valence-electron chi connectivity index (χ2n) is 3.93. The molecule has 0 aliphatic heterocycles. The number of ether oxygens (including phenoxy) is 1. The number of aliphatic hydroxyl groups excluding tert-OH is 2. The van der Waals surface area contributed by atoms with Gasteiger partial charge in [-0.3, -0.25) is 0 Å². The van der Waals surface area contributed by atoms with Crippen LogP contribution in [0.3, 0.4) is 0 Å². The van der Waals surface area contributed by atoms with Crippen LogP contribution in [-0.2, 0) is 5.75 Å². The molecule has 0 bridgehead atoms. The third-order valence-electron chi connectivity index (χ3n) is 2.45. The summed E-state index contributed by atoms with van der Waals surface area (Å²) in [6, 6.07) is 5.87. The number of aliphatic hydroxyl groups is 2. The van der Waals surface area contributed by atoms with Crippen molar-refractivity contribution >= 4 is 11.8 Å². The zero-order valence-corrected chi connectivity index (χ0v) is 12.0. The molecular weight excluding hydrogens is 260 g/mol. The first-order valence-electron chi connectivity index (χ1n) is 6.27. The molecule has 0 spiro atoms. The highest BCUT2D eigenvalue weighted by atomic mass is 32.2. The zero-order valence-electron chi connectivity index (χ0n) is 11.2. The maximum Gasteiger partial charge on any atom is 0.122 e. The average Bonchev–Trinajstić information content (AvgIpc) is 2.44. The van der Waals surface area contributed by atoms with Gasteiger partial charge in [-0.05, 0) is 30.4 Å². The molecule has 0 fully saturated rings. The van der Waals surface area contributed by atoms with E-state index in [1.165, 1.54) is 0 Å². The number of benzene rings is 1.